The van der Waals surface area contributed by atoms with Crippen molar-refractivity contribution in [3.05, 3.63) is 0 Å². The van der Waals surface area contributed by atoms with Gasteiger partial charge in [0.05, 0.1) is 0 Å². The molecule has 0 aromatic carbocycles. The maximum Gasteiger partial charge on any atom is 0.271 e. The zero-order valence-corrected chi connectivity index (χ0v) is 14.5. The molecule has 19 heavy (non-hydrogen) atoms. The highest BCUT2D eigenvalue weighted by Gasteiger charge is 2.30. The summed E-state index contributed by atoms with van der Waals surface area (Å²) >= 11 is 0. The maximum atomic E-state index is 9.93. The van der Waals surface area contributed by atoms with Gasteiger partial charge in [0.2, 0.25) is 0 Å². The minimum atomic E-state index is -1.94. The molecule has 0 aromatic rings. The van der Waals surface area contributed by atoms with Crippen LogP contribution in [0, 0.1) is 11.5 Å². The van der Waals surface area contributed by atoms with Crippen molar-refractivity contribution < 1.29 is 9.53 Å². The Morgan fingerprint density at radius 1 is 1.05 bits per heavy atom. The molecule has 0 aliphatic heterocycles. The molecule has 0 radical (unpaired) electrons. The third kappa shape index (κ3) is 8.46. The average molecular weight is 285 g/mol. The first-order valence-corrected chi connectivity index (χ1v) is 10.2. The Balaban J connectivity index is 4.38. The largest absolute Gasteiger partial charge is 0.403 e. The van der Waals surface area contributed by atoms with E-state index in [4.69, 9.17) is 4.43 Å². The van der Waals surface area contributed by atoms with Gasteiger partial charge in [0.1, 0.15) is 6.10 Å². The van der Waals surface area contributed by atoms with Crippen molar-refractivity contribution in [1.29, 1.82) is 0 Å². The molecule has 0 heterocycles. The Bertz CT molecular complexity index is 274. The summed E-state index contributed by atoms with van der Waals surface area (Å²) in [7, 11) is -1.94. The van der Waals surface area contributed by atoms with Crippen molar-refractivity contribution in [3.63, 3.8) is 0 Å². The molecular formula is C16H32O2Si. The van der Waals surface area contributed by atoms with Crippen LogP contribution >= 0.6 is 0 Å². The molecule has 0 saturated carbocycles. The van der Waals surface area contributed by atoms with Gasteiger partial charge in [-0.2, -0.15) is 0 Å². The van der Waals surface area contributed by atoms with E-state index in [1.807, 2.05) is 0 Å². The van der Waals surface area contributed by atoms with Gasteiger partial charge in [-0.3, -0.25) is 0 Å². The van der Waals surface area contributed by atoms with Gasteiger partial charge in [0.25, 0.3) is 8.32 Å². The van der Waals surface area contributed by atoms with Gasteiger partial charge in [0.15, 0.2) is 0 Å². The maximum absolute atomic E-state index is 9.93. The van der Waals surface area contributed by atoms with E-state index in [9.17, 15) is 5.11 Å². The van der Waals surface area contributed by atoms with Crippen molar-refractivity contribution in [1.82, 2.24) is 0 Å². The van der Waals surface area contributed by atoms with Gasteiger partial charge in [0, 0.05) is 6.10 Å². The average Bonchev–Trinajstić information content (AvgIpc) is 2.39. The van der Waals surface area contributed by atoms with Crippen LogP contribution < -0.4 is 0 Å². The molecule has 2 nitrogen and oxygen atoms in total. The van der Waals surface area contributed by atoms with Crippen molar-refractivity contribution in [2.75, 3.05) is 0 Å². The Hall–Kier alpha value is -0.303. The van der Waals surface area contributed by atoms with E-state index >= 15 is 0 Å². The second kappa shape index (κ2) is 10.5. The predicted octanol–water partition coefficient (Wildman–Crippen LogP) is 4.27. The van der Waals surface area contributed by atoms with E-state index < -0.39 is 14.4 Å². The summed E-state index contributed by atoms with van der Waals surface area (Å²) in [5.41, 5.74) is 3.32. The fourth-order valence-corrected chi connectivity index (χ4v) is 4.70. The molecule has 0 rings (SSSR count). The van der Waals surface area contributed by atoms with E-state index in [1.54, 1.807) is 0 Å². The minimum absolute atomic E-state index is 0.225. The lowest BCUT2D eigenvalue weighted by molar-refractivity contribution is 0.216. The SMILES string of the molecule is CCCCCCC(O)C#C[Si](CC)(CC)OC(C)C. The number of hydrogen-bond donors (Lipinski definition) is 1. The quantitative estimate of drug-likeness (QED) is 0.389. The highest BCUT2D eigenvalue weighted by atomic mass is 28.4. The normalized spacial score (nSPS) is 13.2. The number of hydrogen-bond acceptors (Lipinski definition) is 2. The summed E-state index contributed by atoms with van der Waals surface area (Å²) in [6.07, 6.45) is 5.29. The van der Waals surface area contributed by atoms with E-state index in [0.717, 1.165) is 24.9 Å². The second-order valence-corrected chi connectivity index (χ2v) is 9.39. The highest BCUT2D eigenvalue weighted by Crippen LogP contribution is 2.18. The lowest BCUT2D eigenvalue weighted by atomic mass is 10.1. The molecule has 1 unspecified atom stereocenters. The van der Waals surface area contributed by atoms with Crippen LogP contribution in [-0.2, 0) is 4.43 Å². The molecule has 0 spiro atoms. The first kappa shape index (κ1) is 18.7. The topological polar surface area (TPSA) is 29.5 Å². The fraction of sp³-hybridized carbons (Fsp3) is 0.875. The third-order valence-electron chi connectivity index (χ3n) is 3.40. The van der Waals surface area contributed by atoms with Crippen LogP contribution in [0.2, 0.25) is 12.1 Å². The summed E-state index contributed by atoms with van der Waals surface area (Å²) in [6.45, 7) is 10.6. The molecule has 1 atom stereocenters. The Morgan fingerprint density at radius 3 is 2.16 bits per heavy atom. The molecule has 0 fully saturated rings. The Kier molecular flexibility index (Phi) is 10.3. The third-order valence-corrected chi connectivity index (χ3v) is 7.21. The number of aliphatic hydroxyl groups is 1. The number of unbranched alkanes of at least 4 members (excludes halogenated alkanes) is 3. The lowest BCUT2D eigenvalue weighted by Crippen LogP contribution is -2.38. The first-order valence-electron chi connectivity index (χ1n) is 7.88. The van der Waals surface area contributed by atoms with Crippen molar-refractivity contribution in [2.24, 2.45) is 0 Å². The van der Waals surface area contributed by atoms with Crippen LogP contribution in [0.15, 0.2) is 0 Å². The van der Waals surface area contributed by atoms with Crippen molar-refractivity contribution >= 4 is 8.32 Å². The summed E-state index contributed by atoms with van der Waals surface area (Å²) < 4.78 is 6.08. The molecule has 0 saturated heterocycles. The summed E-state index contributed by atoms with van der Waals surface area (Å²) in [6, 6.07) is 1.99. The van der Waals surface area contributed by atoms with Crippen LogP contribution in [0.4, 0.5) is 0 Å². The van der Waals surface area contributed by atoms with E-state index in [0.29, 0.717) is 0 Å². The minimum Gasteiger partial charge on any atom is -0.403 e. The van der Waals surface area contributed by atoms with Crippen LogP contribution in [-0.4, -0.2) is 25.6 Å². The summed E-state index contributed by atoms with van der Waals surface area (Å²) in [5, 5.41) is 9.93. The number of aliphatic hydroxyl groups excluding tert-OH is 1. The lowest BCUT2D eigenvalue weighted by Gasteiger charge is -2.26. The van der Waals surface area contributed by atoms with Crippen LogP contribution in [0.25, 0.3) is 0 Å². The van der Waals surface area contributed by atoms with Gasteiger partial charge in [-0.05, 0) is 38.8 Å². The Labute approximate surface area is 121 Å². The molecular weight excluding hydrogens is 252 g/mol. The smallest absolute Gasteiger partial charge is 0.271 e. The van der Waals surface area contributed by atoms with Gasteiger partial charge < -0.3 is 9.53 Å². The molecule has 112 valence electrons. The Morgan fingerprint density at radius 2 is 1.68 bits per heavy atom. The number of rotatable bonds is 9. The zero-order valence-electron chi connectivity index (χ0n) is 13.5. The van der Waals surface area contributed by atoms with Gasteiger partial charge in [-0.1, -0.05) is 51.5 Å². The van der Waals surface area contributed by atoms with Crippen LogP contribution in [0.1, 0.15) is 66.7 Å². The van der Waals surface area contributed by atoms with Gasteiger partial charge in [-0.25, -0.2) is 0 Å². The monoisotopic (exact) mass is 284 g/mol. The zero-order chi connectivity index (χ0) is 14.7. The molecule has 1 N–H and O–H groups in total. The van der Waals surface area contributed by atoms with E-state index in [2.05, 4.69) is 46.1 Å². The van der Waals surface area contributed by atoms with Crippen molar-refractivity contribution in [3.8, 4) is 11.5 Å². The molecule has 0 aliphatic carbocycles. The van der Waals surface area contributed by atoms with Crippen LogP contribution in [0.3, 0.4) is 0 Å². The second-order valence-electron chi connectivity index (χ2n) is 5.50. The molecule has 0 aliphatic rings. The van der Waals surface area contributed by atoms with Crippen molar-refractivity contribution in [2.45, 2.75) is 91.0 Å². The van der Waals surface area contributed by atoms with Gasteiger partial charge >= 0.3 is 0 Å². The van der Waals surface area contributed by atoms with E-state index in [1.165, 1.54) is 19.3 Å². The summed E-state index contributed by atoms with van der Waals surface area (Å²) in [5.74, 6) is 3.05. The van der Waals surface area contributed by atoms with Crippen LogP contribution in [0.5, 0.6) is 0 Å². The van der Waals surface area contributed by atoms with Gasteiger partial charge in [-0.15, -0.1) is 0 Å². The molecule has 3 heteroatoms. The molecule has 0 bridgehead atoms. The fourth-order valence-electron chi connectivity index (χ4n) is 2.13. The highest BCUT2D eigenvalue weighted by molar-refractivity contribution is 6.81. The molecule has 0 aromatic heterocycles. The standard InChI is InChI=1S/C16H32O2Si/c1-6-9-10-11-12-16(17)13-14-19(7-2,8-3)18-15(4)5/h15-17H,6-12H2,1-5H3. The van der Waals surface area contributed by atoms with E-state index in [-0.39, 0.29) is 6.10 Å². The predicted molar refractivity (Wildman–Crippen MR) is 85.5 cm³/mol. The molecule has 0 amide bonds. The first-order chi connectivity index (χ1) is 8.99. The summed E-state index contributed by atoms with van der Waals surface area (Å²) in [4.78, 5) is 0.